The van der Waals surface area contributed by atoms with Crippen LogP contribution >= 0.6 is 0 Å². The van der Waals surface area contributed by atoms with Gasteiger partial charge in [0, 0.05) is 68.9 Å². The van der Waals surface area contributed by atoms with Crippen LogP contribution in [-0.2, 0) is 22.9 Å². The molecule has 2 aliphatic heterocycles. The minimum absolute atomic E-state index is 0.0801. The van der Waals surface area contributed by atoms with E-state index in [0.717, 1.165) is 30.9 Å². The number of hydrogen-bond acceptors (Lipinski definition) is 6. The molecule has 0 saturated carbocycles. The fourth-order valence-corrected chi connectivity index (χ4v) is 4.20. The number of aryl methyl sites for hydroxylation is 2. The number of rotatable bonds is 3. The van der Waals surface area contributed by atoms with Crippen LogP contribution in [0.15, 0.2) is 18.5 Å². The van der Waals surface area contributed by atoms with Gasteiger partial charge in [0.15, 0.2) is 6.10 Å². The van der Waals surface area contributed by atoms with Gasteiger partial charge in [0.25, 0.3) is 0 Å². The van der Waals surface area contributed by atoms with Gasteiger partial charge in [-0.1, -0.05) is 0 Å². The van der Waals surface area contributed by atoms with Crippen molar-refractivity contribution in [1.82, 2.24) is 19.7 Å². The quantitative estimate of drug-likeness (QED) is 0.790. The molecule has 0 spiro atoms. The van der Waals surface area contributed by atoms with E-state index in [2.05, 4.69) is 33.3 Å². The highest BCUT2D eigenvalue weighted by Crippen LogP contribution is 2.37. The summed E-state index contributed by atoms with van der Waals surface area (Å²) in [6.45, 7) is 5.94. The van der Waals surface area contributed by atoms with Gasteiger partial charge in [-0.25, -0.2) is 4.79 Å². The second-order valence-electron chi connectivity index (χ2n) is 7.86. The zero-order chi connectivity index (χ0) is 20.0. The van der Waals surface area contributed by atoms with Crippen molar-refractivity contribution in [2.24, 2.45) is 7.05 Å². The summed E-state index contributed by atoms with van der Waals surface area (Å²) in [5.41, 5.74) is 6.96. The molecule has 152 valence electrons. The van der Waals surface area contributed by atoms with Crippen LogP contribution in [0.5, 0.6) is 0 Å². The lowest BCUT2D eigenvalue weighted by Gasteiger charge is -2.37. The molecular weight excluding hydrogens is 370 g/mol. The molecule has 2 aromatic heterocycles. The maximum Gasteiger partial charge on any atom is 0.410 e. The number of nitrogens with zero attached hydrogens (tertiary/aromatic N) is 5. The van der Waals surface area contributed by atoms with Crippen LogP contribution in [0, 0.1) is 6.92 Å². The van der Waals surface area contributed by atoms with Crippen molar-refractivity contribution >= 4 is 23.4 Å². The minimum Gasteiger partial charge on any atom is -0.441 e. The topological polar surface area (TPSA) is 72.7 Å². The molecule has 0 radical (unpaired) electrons. The summed E-state index contributed by atoms with van der Waals surface area (Å²) in [5, 5.41) is 4.47. The second-order valence-corrected chi connectivity index (χ2v) is 7.86. The number of amides is 1. The highest BCUT2D eigenvalue weighted by Gasteiger charge is 2.29. The number of fused-ring (bicyclic) bond motifs is 1. The Morgan fingerprint density at radius 1 is 1.24 bits per heavy atom. The van der Waals surface area contributed by atoms with Crippen molar-refractivity contribution in [3.63, 3.8) is 0 Å². The van der Waals surface area contributed by atoms with Crippen molar-refractivity contribution in [1.29, 1.82) is 0 Å². The Labute approximate surface area is 169 Å². The van der Waals surface area contributed by atoms with Crippen LogP contribution in [0.25, 0.3) is 11.6 Å². The smallest absolute Gasteiger partial charge is 0.410 e. The average molecular weight is 395 g/mol. The Morgan fingerprint density at radius 3 is 2.69 bits per heavy atom. The Morgan fingerprint density at radius 2 is 2.03 bits per heavy atom. The van der Waals surface area contributed by atoms with Gasteiger partial charge in [-0.3, -0.25) is 9.67 Å². The van der Waals surface area contributed by atoms with E-state index >= 15 is 0 Å². The number of aromatic nitrogens is 3. The first-order chi connectivity index (χ1) is 14.1. The summed E-state index contributed by atoms with van der Waals surface area (Å²) in [6.07, 6.45) is 6.73. The molecule has 1 aliphatic carbocycles. The van der Waals surface area contributed by atoms with Crippen molar-refractivity contribution in [3.05, 3.63) is 41.0 Å². The Hall–Kier alpha value is -2.87. The Bertz CT molecular complexity index is 971. The molecule has 3 aliphatic rings. The standard InChI is InChI=1S/C21H25N5O3/c1-14-18(11-24(2)23-14)15-9-17-19(10-15)22-4-3-20(17)25-5-7-26(8-6-25)21(27)29-16-12-28-13-16/h3-4,9,11,16H,5-8,10,12-13H2,1-2H3. The molecule has 5 rings (SSSR count). The lowest BCUT2D eigenvalue weighted by atomic mass is 10.1. The summed E-state index contributed by atoms with van der Waals surface area (Å²) in [7, 11) is 1.95. The van der Waals surface area contributed by atoms with E-state index in [9.17, 15) is 4.79 Å². The third-order valence-corrected chi connectivity index (χ3v) is 5.84. The third kappa shape index (κ3) is 3.37. The van der Waals surface area contributed by atoms with Gasteiger partial charge < -0.3 is 19.3 Å². The van der Waals surface area contributed by atoms with Crippen molar-refractivity contribution in [2.75, 3.05) is 44.3 Å². The molecule has 4 heterocycles. The SMILES string of the molecule is Cc1nn(C)cc1C1=Cc2c(N3CCN(C(=O)OC4COC4)CC3)ccnc2C1. The summed E-state index contributed by atoms with van der Waals surface area (Å²) < 4.78 is 12.4. The average Bonchev–Trinajstić information content (AvgIpc) is 3.26. The van der Waals surface area contributed by atoms with Crippen molar-refractivity contribution in [3.8, 4) is 0 Å². The molecule has 2 saturated heterocycles. The molecule has 0 unspecified atom stereocenters. The maximum atomic E-state index is 12.3. The predicted molar refractivity (Wildman–Crippen MR) is 109 cm³/mol. The molecule has 8 heteroatoms. The lowest BCUT2D eigenvalue weighted by molar-refractivity contribution is -0.104. The number of piperazine rings is 1. The third-order valence-electron chi connectivity index (χ3n) is 5.84. The van der Waals surface area contributed by atoms with Gasteiger partial charge in [-0.2, -0.15) is 5.10 Å². The number of carbonyl (C=O) groups excluding carboxylic acids is 1. The van der Waals surface area contributed by atoms with Gasteiger partial charge in [-0.15, -0.1) is 0 Å². The maximum absolute atomic E-state index is 12.3. The highest BCUT2D eigenvalue weighted by molar-refractivity contribution is 5.92. The van der Waals surface area contributed by atoms with E-state index in [1.165, 1.54) is 22.4 Å². The van der Waals surface area contributed by atoms with Crippen molar-refractivity contribution in [2.45, 2.75) is 19.4 Å². The molecule has 2 aromatic rings. The fraction of sp³-hybridized carbons (Fsp3) is 0.476. The number of carbonyl (C=O) groups is 1. The van der Waals surface area contributed by atoms with Crippen LogP contribution in [-0.4, -0.2) is 71.3 Å². The Kier molecular flexibility index (Phi) is 4.50. The van der Waals surface area contributed by atoms with Crippen LogP contribution in [0.4, 0.5) is 10.5 Å². The monoisotopic (exact) mass is 395 g/mol. The Balaban J connectivity index is 1.30. The molecule has 1 amide bonds. The normalized spacial score (nSPS) is 19.0. The molecular formula is C21H25N5O3. The highest BCUT2D eigenvalue weighted by atomic mass is 16.6. The molecule has 0 bridgehead atoms. The van der Waals surface area contributed by atoms with Crippen LogP contribution < -0.4 is 4.90 Å². The van der Waals surface area contributed by atoms with E-state index in [-0.39, 0.29) is 12.2 Å². The summed E-state index contributed by atoms with van der Waals surface area (Å²) >= 11 is 0. The zero-order valence-corrected chi connectivity index (χ0v) is 16.8. The second kappa shape index (κ2) is 7.18. The van der Waals surface area contributed by atoms with E-state index < -0.39 is 0 Å². The first-order valence-corrected chi connectivity index (χ1v) is 10.1. The van der Waals surface area contributed by atoms with E-state index in [1.807, 2.05) is 24.9 Å². The number of anilines is 1. The van der Waals surface area contributed by atoms with E-state index in [0.29, 0.717) is 26.3 Å². The molecule has 8 nitrogen and oxygen atoms in total. The first kappa shape index (κ1) is 18.2. The molecule has 0 N–H and O–H groups in total. The molecule has 0 atom stereocenters. The fourth-order valence-electron chi connectivity index (χ4n) is 4.20. The van der Waals surface area contributed by atoms with E-state index in [4.69, 9.17) is 9.47 Å². The van der Waals surface area contributed by atoms with Crippen LogP contribution in [0.2, 0.25) is 0 Å². The lowest BCUT2D eigenvalue weighted by Crippen LogP contribution is -2.51. The number of allylic oxidation sites excluding steroid dienone is 1. The minimum atomic E-state index is -0.229. The van der Waals surface area contributed by atoms with Gasteiger partial charge >= 0.3 is 6.09 Å². The molecule has 29 heavy (non-hydrogen) atoms. The first-order valence-electron chi connectivity index (χ1n) is 10.1. The number of ether oxygens (including phenoxy) is 2. The number of hydrogen-bond donors (Lipinski definition) is 0. The van der Waals surface area contributed by atoms with Crippen molar-refractivity contribution < 1.29 is 14.3 Å². The van der Waals surface area contributed by atoms with Gasteiger partial charge in [-0.05, 0) is 24.6 Å². The van der Waals surface area contributed by atoms with E-state index in [1.54, 1.807) is 4.90 Å². The van der Waals surface area contributed by atoms with Crippen LogP contribution in [0.1, 0.15) is 22.5 Å². The zero-order valence-electron chi connectivity index (χ0n) is 16.8. The predicted octanol–water partition coefficient (Wildman–Crippen LogP) is 1.88. The molecule has 0 aromatic carbocycles. The van der Waals surface area contributed by atoms with Crippen LogP contribution in [0.3, 0.4) is 0 Å². The largest absolute Gasteiger partial charge is 0.441 e. The summed E-state index contributed by atoms with van der Waals surface area (Å²) in [5.74, 6) is 0. The van der Waals surface area contributed by atoms with Gasteiger partial charge in [0.1, 0.15) is 0 Å². The summed E-state index contributed by atoms with van der Waals surface area (Å²) in [6, 6.07) is 2.08. The van der Waals surface area contributed by atoms with Gasteiger partial charge in [0.05, 0.1) is 24.6 Å². The summed E-state index contributed by atoms with van der Waals surface area (Å²) in [4.78, 5) is 21.0. The molecule has 2 fully saturated rings. The number of pyridine rings is 1. The van der Waals surface area contributed by atoms with Gasteiger partial charge in [0.2, 0.25) is 0 Å².